The molecule has 6 rings (SSSR count). The van der Waals surface area contributed by atoms with E-state index in [4.69, 9.17) is 9.72 Å². The first-order chi connectivity index (χ1) is 15.8. The molecule has 0 spiro atoms. The topological polar surface area (TPSA) is 97.2 Å². The number of fused-ring (bicyclic) bond motifs is 2. The zero-order valence-electron chi connectivity index (χ0n) is 17.8. The predicted molar refractivity (Wildman–Crippen MR) is 120 cm³/mol. The number of amides is 1. The van der Waals surface area contributed by atoms with Crippen molar-refractivity contribution in [2.75, 3.05) is 36.5 Å². The number of ether oxygens (including phenoxy) is 1. The monoisotopic (exact) mass is 431 g/mol. The van der Waals surface area contributed by atoms with Gasteiger partial charge in [-0.1, -0.05) is 0 Å². The van der Waals surface area contributed by atoms with Gasteiger partial charge in [0, 0.05) is 43.0 Å². The van der Waals surface area contributed by atoms with Crippen LogP contribution in [-0.4, -0.2) is 52.0 Å². The third-order valence-corrected chi connectivity index (χ3v) is 6.46. The first-order valence-electron chi connectivity index (χ1n) is 11.2. The van der Waals surface area contributed by atoms with E-state index in [1.165, 1.54) is 5.69 Å². The van der Waals surface area contributed by atoms with Crippen LogP contribution in [0.25, 0.3) is 11.3 Å². The maximum Gasteiger partial charge on any atom is 0.254 e. The molecule has 164 valence electrons. The van der Waals surface area contributed by atoms with E-state index in [0.717, 1.165) is 74.6 Å². The van der Waals surface area contributed by atoms with Crippen molar-refractivity contribution in [2.24, 2.45) is 0 Å². The number of aromatic nitrogens is 4. The van der Waals surface area contributed by atoms with Gasteiger partial charge in [-0.05, 0) is 31.4 Å². The Balaban J connectivity index is 1.31. The van der Waals surface area contributed by atoms with Crippen LogP contribution in [0.3, 0.4) is 0 Å². The number of anilines is 3. The average molecular weight is 432 g/mol. The van der Waals surface area contributed by atoms with Gasteiger partial charge in [0.2, 0.25) is 0 Å². The molecule has 3 aliphatic heterocycles. The van der Waals surface area contributed by atoms with Gasteiger partial charge in [0.15, 0.2) is 0 Å². The Morgan fingerprint density at radius 2 is 1.94 bits per heavy atom. The minimum absolute atomic E-state index is 0.0860. The number of carbonyl (C=O) groups is 1. The normalized spacial score (nSPS) is 17.6. The average Bonchev–Trinajstić information content (AvgIpc) is 3.45. The molecule has 9 heteroatoms. The summed E-state index contributed by atoms with van der Waals surface area (Å²) in [4.78, 5) is 24.3. The Bertz CT molecular complexity index is 1170. The van der Waals surface area contributed by atoms with E-state index in [9.17, 15) is 4.79 Å². The van der Waals surface area contributed by atoms with Crippen molar-refractivity contribution in [2.45, 2.75) is 32.4 Å². The van der Waals surface area contributed by atoms with Crippen LogP contribution in [0.15, 0.2) is 30.7 Å². The van der Waals surface area contributed by atoms with Crippen LogP contribution in [0.1, 0.15) is 34.5 Å². The van der Waals surface area contributed by atoms with Crippen LogP contribution in [0, 0.1) is 0 Å². The van der Waals surface area contributed by atoms with Crippen LogP contribution in [0.4, 0.5) is 17.2 Å². The SMILES string of the molecule is O=C1NCc2c(-c3cnn4c3CCCC4)ncc(Nc3ccc(N4CCOCC4)cn3)c21. The number of morpholine rings is 1. The van der Waals surface area contributed by atoms with Crippen molar-refractivity contribution in [3.8, 4) is 11.3 Å². The summed E-state index contributed by atoms with van der Waals surface area (Å²) < 4.78 is 7.49. The highest BCUT2D eigenvalue weighted by atomic mass is 16.5. The maximum absolute atomic E-state index is 12.7. The Hall–Kier alpha value is -3.46. The number of hydrogen-bond donors (Lipinski definition) is 2. The largest absolute Gasteiger partial charge is 0.378 e. The first-order valence-corrected chi connectivity index (χ1v) is 11.2. The van der Waals surface area contributed by atoms with Crippen molar-refractivity contribution in [1.82, 2.24) is 25.1 Å². The third-order valence-electron chi connectivity index (χ3n) is 6.46. The van der Waals surface area contributed by atoms with Crippen molar-refractivity contribution in [3.05, 3.63) is 47.5 Å². The van der Waals surface area contributed by atoms with E-state index in [-0.39, 0.29) is 5.91 Å². The standard InChI is InChI=1S/C23H25N7O2/c31-23-21-17(12-26-23)22(16-13-27-30-6-2-1-3-19(16)30)25-14-18(21)28-20-5-4-15(11-24-20)29-7-9-32-10-8-29/h4-5,11,13-14H,1-3,6-10,12H2,(H,24,28)(H,26,31). The fourth-order valence-corrected chi connectivity index (χ4v) is 4.79. The highest BCUT2D eigenvalue weighted by molar-refractivity contribution is 6.05. The highest BCUT2D eigenvalue weighted by Crippen LogP contribution is 2.35. The molecular weight excluding hydrogens is 406 g/mol. The van der Waals surface area contributed by atoms with E-state index in [2.05, 4.69) is 30.3 Å². The van der Waals surface area contributed by atoms with E-state index in [1.54, 1.807) is 6.20 Å². The summed E-state index contributed by atoms with van der Waals surface area (Å²) in [7, 11) is 0. The summed E-state index contributed by atoms with van der Waals surface area (Å²) in [5, 5.41) is 10.8. The highest BCUT2D eigenvalue weighted by Gasteiger charge is 2.29. The molecule has 0 radical (unpaired) electrons. The number of hydrogen-bond acceptors (Lipinski definition) is 7. The molecule has 3 aromatic rings. The molecule has 0 bridgehead atoms. The second-order valence-corrected chi connectivity index (χ2v) is 8.37. The molecule has 0 aromatic carbocycles. The molecule has 0 atom stereocenters. The van der Waals surface area contributed by atoms with Crippen LogP contribution >= 0.6 is 0 Å². The zero-order valence-corrected chi connectivity index (χ0v) is 17.8. The lowest BCUT2D eigenvalue weighted by molar-refractivity contribution is 0.0966. The van der Waals surface area contributed by atoms with Crippen LogP contribution in [-0.2, 0) is 24.2 Å². The fourth-order valence-electron chi connectivity index (χ4n) is 4.79. The maximum atomic E-state index is 12.7. The molecule has 3 aromatic heterocycles. The van der Waals surface area contributed by atoms with Crippen LogP contribution in [0.2, 0.25) is 0 Å². The van der Waals surface area contributed by atoms with Crippen molar-refractivity contribution >= 4 is 23.1 Å². The lowest BCUT2D eigenvalue weighted by Gasteiger charge is -2.28. The van der Waals surface area contributed by atoms with Gasteiger partial charge in [0.05, 0.1) is 54.4 Å². The molecule has 0 saturated carbocycles. The van der Waals surface area contributed by atoms with E-state index >= 15 is 0 Å². The van der Waals surface area contributed by atoms with E-state index < -0.39 is 0 Å². The molecule has 0 aliphatic carbocycles. The van der Waals surface area contributed by atoms with Gasteiger partial charge in [0.1, 0.15) is 5.82 Å². The van der Waals surface area contributed by atoms with Gasteiger partial charge in [-0.3, -0.25) is 14.5 Å². The summed E-state index contributed by atoms with van der Waals surface area (Å²) >= 11 is 0. The smallest absolute Gasteiger partial charge is 0.254 e. The number of rotatable bonds is 4. The van der Waals surface area contributed by atoms with Crippen molar-refractivity contribution in [3.63, 3.8) is 0 Å². The molecular formula is C23H25N7O2. The molecule has 1 saturated heterocycles. The molecule has 1 amide bonds. The van der Waals surface area contributed by atoms with Crippen molar-refractivity contribution < 1.29 is 9.53 Å². The van der Waals surface area contributed by atoms with Gasteiger partial charge in [-0.25, -0.2) is 4.98 Å². The van der Waals surface area contributed by atoms with E-state index in [1.807, 2.05) is 24.5 Å². The van der Waals surface area contributed by atoms with Gasteiger partial charge in [-0.2, -0.15) is 5.10 Å². The number of nitrogens with one attached hydrogen (secondary N) is 2. The Morgan fingerprint density at radius 1 is 1.03 bits per heavy atom. The summed E-state index contributed by atoms with van der Waals surface area (Å²) in [6, 6.07) is 3.98. The Labute approximate surface area is 185 Å². The fraction of sp³-hybridized carbons (Fsp3) is 0.391. The molecule has 0 unspecified atom stereocenters. The summed E-state index contributed by atoms with van der Waals surface area (Å²) in [6.07, 6.45) is 8.79. The van der Waals surface area contributed by atoms with Gasteiger partial charge in [-0.15, -0.1) is 0 Å². The van der Waals surface area contributed by atoms with Crippen molar-refractivity contribution in [1.29, 1.82) is 0 Å². The second-order valence-electron chi connectivity index (χ2n) is 8.37. The summed E-state index contributed by atoms with van der Waals surface area (Å²) in [6.45, 7) is 4.62. The Morgan fingerprint density at radius 3 is 2.78 bits per heavy atom. The minimum Gasteiger partial charge on any atom is -0.378 e. The number of nitrogens with zero attached hydrogens (tertiary/aromatic N) is 5. The van der Waals surface area contributed by atoms with Gasteiger partial charge >= 0.3 is 0 Å². The molecule has 32 heavy (non-hydrogen) atoms. The van der Waals surface area contributed by atoms with Gasteiger partial charge < -0.3 is 20.3 Å². The number of carbonyl (C=O) groups excluding carboxylic acids is 1. The molecule has 3 aliphatic rings. The summed E-state index contributed by atoms with van der Waals surface area (Å²) in [5.74, 6) is 0.596. The molecule has 1 fully saturated rings. The molecule has 2 N–H and O–H groups in total. The Kier molecular flexibility index (Phi) is 4.75. The van der Waals surface area contributed by atoms with Crippen LogP contribution < -0.4 is 15.5 Å². The molecule has 6 heterocycles. The zero-order chi connectivity index (χ0) is 21.5. The van der Waals surface area contributed by atoms with Crippen LogP contribution in [0.5, 0.6) is 0 Å². The number of pyridine rings is 2. The van der Waals surface area contributed by atoms with E-state index in [0.29, 0.717) is 23.6 Å². The third kappa shape index (κ3) is 3.29. The minimum atomic E-state index is -0.0860. The quantitative estimate of drug-likeness (QED) is 0.655. The summed E-state index contributed by atoms with van der Waals surface area (Å²) in [5.41, 5.74) is 6.41. The van der Waals surface area contributed by atoms with Gasteiger partial charge in [0.25, 0.3) is 5.91 Å². The first kappa shape index (κ1) is 19.2. The lowest BCUT2D eigenvalue weighted by atomic mass is 9.99. The predicted octanol–water partition coefficient (Wildman–Crippen LogP) is 2.50. The number of aryl methyl sites for hydroxylation is 1. The second kappa shape index (κ2) is 7.90. The lowest BCUT2D eigenvalue weighted by Crippen LogP contribution is -2.36. The molecule has 9 nitrogen and oxygen atoms in total.